The van der Waals surface area contributed by atoms with Crippen molar-refractivity contribution in [3.05, 3.63) is 47.8 Å². The summed E-state index contributed by atoms with van der Waals surface area (Å²) in [6.45, 7) is 3.41. The molecule has 0 aliphatic rings. The first kappa shape index (κ1) is 16.9. The lowest BCUT2D eigenvalue weighted by atomic mass is 10.3. The maximum atomic E-state index is 12.2. The maximum absolute atomic E-state index is 12.2. The molecule has 0 bridgehead atoms. The van der Waals surface area contributed by atoms with Crippen LogP contribution in [-0.2, 0) is 0 Å². The van der Waals surface area contributed by atoms with Gasteiger partial charge in [0.2, 0.25) is 5.95 Å². The Morgan fingerprint density at radius 2 is 1.91 bits per heavy atom. The number of hydrogen-bond acceptors (Lipinski definition) is 5. The van der Waals surface area contributed by atoms with E-state index in [0.717, 1.165) is 24.3 Å². The van der Waals surface area contributed by atoms with Gasteiger partial charge in [0, 0.05) is 17.9 Å². The van der Waals surface area contributed by atoms with Gasteiger partial charge in [0.25, 0.3) is 5.91 Å². The highest BCUT2D eigenvalue weighted by Crippen LogP contribution is 2.13. The summed E-state index contributed by atoms with van der Waals surface area (Å²) in [5.41, 5.74) is 2.01. The summed E-state index contributed by atoms with van der Waals surface area (Å²) in [4.78, 5) is 22.9. The number of nitrogens with zero attached hydrogens (tertiary/aromatic N) is 3. The molecular formula is C17H23N5O. The molecule has 1 amide bonds. The van der Waals surface area contributed by atoms with Crippen LogP contribution in [0.1, 0.15) is 22.6 Å². The molecule has 2 N–H and O–H groups in total. The average molecular weight is 313 g/mol. The van der Waals surface area contributed by atoms with E-state index in [4.69, 9.17) is 0 Å². The van der Waals surface area contributed by atoms with E-state index in [1.54, 1.807) is 6.07 Å². The van der Waals surface area contributed by atoms with Crippen molar-refractivity contribution in [2.24, 2.45) is 0 Å². The van der Waals surface area contributed by atoms with Gasteiger partial charge in [0.05, 0.1) is 0 Å². The van der Waals surface area contributed by atoms with Crippen LogP contribution in [-0.4, -0.2) is 48.0 Å². The minimum Gasteiger partial charge on any atom is -0.351 e. The second kappa shape index (κ2) is 8.24. The molecule has 0 saturated carbocycles. The molecule has 6 nitrogen and oxygen atoms in total. The van der Waals surface area contributed by atoms with Gasteiger partial charge in [-0.15, -0.1) is 0 Å². The van der Waals surface area contributed by atoms with Crippen LogP contribution >= 0.6 is 0 Å². The van der Waals surface area contributed by atoms with Crippen molar-refractivity contribution in [2.45, 2.75) is 13.3 Å². The Balaban J connectivity index is 2.00. The topological polar surface area (TPSA) is 70.2 Å². The molecule has 1 heterocycles. The zero-order valence-corrected chi connectivity index (χ0v) is 13.8. The monoisotopic (exact) mass is 313 g/mol. The molecule has 0 atom stereocenters. The van der Waals surface area contributed by atoms with Crippen LogP contribution in [0.2, 0.25) is 0 Å². The molecule has 2 aromatic rings. The fourth-order valence-corrected chi connectivity index (χ4v) is 2.08. The summed E-state index contributed by atoms with van der Waals surface area (Å²) in [6.07, 6.45) is 0.901. The summed E-state index contributed by atoms with van der Waals surface area (Å²) in [7, 11) is 4.02. The molecule has 1 aromatic heterocycles. The lowest BCUT2D eigenvalue weighted by molar-refractivity contribution is 0.0947. The minimum atomic E-state index is -0.176. The first-order valence-electron chi connectivity index (χ1n) is 7.65. The third-order valence-electron chi connectivity index (χ3n) is 3.18. The third kappa shape index (κ3) is 5.67. The highest BCUT2D eigenvalue weighted by molar-refractivity contribution is 5.92. The molecule has 122 valence electrons. The Hall–Kier alpha value is -2.47. The van der Waals surface area contributed by atoms with Gasteiger partial charge in [-0.3, -0.25) is 4.79 Å². The molecule has 0 fully saturated rings. The number of carbonyl (C=O) groups is 1. The van der Waals surface area contributed by atoms with Gasteiger partial charge in [-0.1, -0.05) is 18.2 Å². The zero-order chi connectivity index (χ0) is 16.7. The normalized spacial score (nSPS) is 10.6. The standard InChI is InChI=1S/C17H23N5O/c1-13-12-15(16(23)18-10-7-11-22(2)3)21-17(19-13)20-14-8-5-4-6-9-14/h4-6,8-9,12H,7,10-11H2,1-3H3,(H,18,23)(H,19,20,21). The van der Waals surface area contributed by atoms with Crippen LogP contribution < -0.4 is 10.6 Å². The number of para-hydroxylation sites is 1. The van der Waals surface area contributed by atoms with Crippen molar-refractivity contribution in [2.75, 3.05) is 32.5 Å². The number of amides is 1. The first-order chi connectivity index (χ1) is 11.0. The highest BCUT2D eigenvalue weighted by atomic mass is 16.1. The van der Waals surface area contributed by atoms with Crippen LogP contribution in [0.5, 0.6) is 0 Å². The zero-order valence-electron chi connectivity index (χ0n) is 13.8. The van der Waals surface area contributed by atoms with Gasteiger partial charge in [-0.25, -0.2) is 9.97 Å². The first-order valence-corrected chi connectivity index (χ1v) is 7.65. The number of nitrogens with one attached hydrogen (secondary N) is 2. The maximum Gasteiger partial charge on any atom is 0.270 e. The fraction of sp³-hybridized carbons (Fsp3) is 0.353. The molecule has 0 radical (unpaired) electrons. The molecule has 23 heavy (non-hydrogen) atoms. The Kier molecular flexibility index (Phi) is 6.05. The average Bonchev–Trinajstić information content (AvgIpc) is 2.51. The predicted octanol–water partition coefficient (Wildman–Crippen LogP) is 2.21. The Labute approximate surface area is 137 Å². The van der Waals surface area contributed by atoms with Crippen molar-refractivity contribution >= 4 is 17.5 Å². The molecule has 0 unspecified atom stereocenters. The van der Waals surface area contributed by atoms with E-state index in [1.807, 2.05) is 51.4 Å². The van der Waals surface area contributed by atoms with E-state index in [9.17, 15) is 4.79 Å². The van der Waals surface area contributed by atoms with E-state index in [0.29, 0.717) is 18.2 Å². The Morgan fingerprint density at radius 3 is 2.61 bits per heavy atom. The molecule has 0 saturated heterocycles. The lowest BCUT2D eigenvalue weighted by Crippen LogP contribution is -2.28. The quantitative estimate of drug-likeness (QED) is 0.767. The second-order valence-electron chi connectivity index (χ2n) is 5.62. The van der Waals surface area contributed by atoms with Gasteiger partial charge in [0.15, 0.2) is 0 Å². The second-order valence-corrected chi connectivity index (χ2v) is 5.62. The third-order valence-corrected chi connectivity index (χ3v) is 3.18. The summed E-state index contributed by atoms with van der Waals surface area (Å²) < 4.78 is 0. The Morgan fingerprint density at radius 1 is 1.17 bits per heavy atom. The van der Waals surface area contributed by atoms with Gasteiger partial charge in [-0.2, -0.15) is 0 Å². The summed E-state index contributed by atoms with van der Waals surface area (Å²) in [5, 5.41) is 6.00. The smallest absolute Gasteiger partial charge is 0.270 e. The number of hydrogen-bond donors (Lipinski definition) is 2. The number of aryl methyl sites for hydroxylation is 1. The van der Waals surface area contributed by atoms with Crippen LogP contribution in [0.25, 0.3) is 0 Å². The SMILES string of the molecule is Cc1cc(C(=O)NCCCN(C)C)nc(Nc2ccccc2)n1. The molecule has 0 aliphatic carbocycles. The predicted molar refractivity (Wildman–Crippen MR) is 92.0 cm³/mol. The van der Waals surface area contributed by atoms with E-state index >= 15 is 0 Å². The van der Waals surface area contributed by atoms with Gasteiger partial charge >= 0.3 is 0 Å². The fourth-order valence-electron chi connectivity index (χ4n) is 2.08. The largest absolute Gasteiger partial charge is 0.351 e. The number of aromatic nitrogens is 2. The highest BCUT2D eigenvalue weighted by Gasteiger charge is 2.10. The van der Waals surface area contributed by atoms with E-state index in [1.165, 1.54) is 0 Å². The molecule has 2 rings (SSSR count). The summed E-state index contributed by atoms with van der Waals surface area (Å²) in [5.74, 6) is 0.250. The number of anilines is 2. The van der Waals surface area contributed by atoms with Crippen molar-refractivity contribution in [1.82, 2.24) is 20.2 Å². The molecule has 1 aromatic carbocycles. The lowest BCUT2D eigenvalue weighted by Gasteiger charge is -2.11. The molecule has 0 aliphatic heterocycles. The van der Waals surface area contributed by atoms with Crippen molar-refractivity contribution in [3.8, 4) is 0 Å². The minimum absolute atomic E-state index is 0.176. The summed E-state index contributed by atoms with van der Waals surface area (Å²) >= 11 is 0. The number of carbonyl (C=O) groups excluding carboxylic acids is 1. The van der Waals surface area contributed by atoms with E-state index in [2.05, 4.69) is 25.5 Å². The molecule has 0 spiro atoms. The van der Waals surface area contributed by atoms with Gasteiger partial charge < -0.3 is 15.5 Å². The molecule has 6 heteroatoms. The van der Waals surface area contributed by atoms with Crippen molar-refractivity contribution in [1.29, 1.82) is 0 Å². The van der Waals surface area contributed by atoms with E-state index in [-0.39, 0.29) is 5.91 Å². The number of benzene rings is 1. The Bertz CT molecular complexity index is 643. The van der Waals surface area contributed by atoms with Crippen molar-refractivity contribution < 1.29 is 4.79 Å². The van der Waals surface area contributed by atoms with Crippen LogP contribution in [0.15, 0.2) is 36.4 Å². The summed E-state index contributed by atoms with van der Waals surface area (Å²) in [6, 6.07) is 11.3. The van der Waals surface area contributed by atoms with E-state index < -0.39 is 0 Å². The molecular weight excluding hydrogens is 290 g/mol. The van der Waals surface area contributed by atoms with Gasteiger partial charge in [0.1, 0.15) is 5.69 Å². The van der Waals surface area contributed by atoms with Crippen LogP contribution in [0.4, 0.5) is 11.6 Å². The van der Waals surface area contributed by atoms with Gasteiger partial charge in [-0.05, 0) is 52.2 Å². The van der Waals surface area contributed by atoms with Crippen LogP contribution in [0.3, 0.4) is 0 Å². The number of rotatable bonds is 7. The van der Waals surface area contributed by atoms with Crippen molar-refractivity contribution in [3.63, 3.8) is 0 Å². The van der Waals surface area contributed by atoms with Crippen LogP contribution in [0, 0.1) is 6.92 Å².